The Hall–Kier alpha value is -1.18. The van der Waals surface area contributed by atoms with Crippen LogP contribution in [0.2, 0.25) is 0 Å². The van der Waals surface area contributed by atoms with Crippen molar-refractivity contribution in [1.29, 1.82) is 0 Å². The number of non-ortho nitro benzene ring substituents is 1. The van der Waals surface area contributed by atoms with Gasteiger partial charge in [-0.2, -0.15) is 0 Å². The number of hydrogen-bond donors (Lipinski definition) is 1. The maximum Gasteiger partial charge on any atom is 0.271 e. The van der Waals surface area contributed by atoms with Crippen LogP contribution >= 0.6 is 22.6 Å². The summed E-state index contributed by atoms with van der Waals surface area (Å²) in [5, 5.41) is 10.5. The van der Waals surface area contributed by atoms with Crippen LogP contribution < -0.4 is 5.73 Å². The van der Waals surface area contributed by atoms with E-state index in [-0.39, 0.29) is 11.3 Å². The van der Waals surface area contributed by atoms with E-state index in [1.165, 1.54) is 12.1 Å². The van der Waals surface area contributed by atoms with Crippen LogP contribution in [0.15, 0.2) is 12.1 Å². The minimum atomic E-state index is -0.649. The zero-order valence-corrected chi connectivity index (χ0v) is 9.44. The number of nitro groups is 1. The first kappa shape index (κ1) is 10.9. The van der Waals surface area contributed by atoms with Gasteiger partial charge in [-0.05, 0) is 35.1 Å². The average molecular weight is 306 g/mol. The predicted molar refractivity (Wildman–Crippen MR) is 59.1 cm³/mol. The molecule has 6 heteroatoms. The first-order chi connectivity index (χ1) is 6.43. The molecule has 0 aromatic heterocycles. The number of hydrogen-bond acceptors (Lipinski definition) is 3. The molecule has 0 unspecified atom stereocenters. The van der Waals surface area contributed by atoms with Crippen molar-refractivity contribution in [3.8, 4) is 0 Å². The van der Waals surface area contributed by atoms with Crippen LogP contribution in [-0.2, 0) is 0 Å². The topological polar surface area (TPSA) is 86.2 Å². The summed E-state index contributed by atoms with van der Waals surface area (Å²) < 4.78 is 0.658. The largest absolute Gasteiger partial charge is 0.366 e. The first-order valence-electron chi connectivity index (χ1n) is 3.68. The highest BCUT2D eigenvalue weighted by Gasteiger charge is 2.15. The number of carbonyl (C=O) groups excluding carboxylic acids is 1. The van der Waals surface area contributed by atoms with E-state index in [0.29, 0.717) is 9.13 Å². The van der Waals surface area contributed by atoms with E-state index >= 15 is 0 Å². The Morgan fingerprint density at radius 1 is 1.57 bits per heavy atom. The number of halogens is 1. The van der Waals surface area contributed by atoms with Gasteiger partial charge in [-0.3, -0.25) is 14.9 Å². The summed E-state index contributed by atoms with van der Waals surface area (Å²) in [6.07, 6.45) is 0. The van der Waals surface area contributed by atoms with E-state index in [0.717, 1.165) is 0 Å². The van der Waals surface area contributed by atoms with Gasteiger partial charge in [0.05, 0.1) is 4.92 Å². The number of primary amides is 1. The molecule has 1 aromatic carbocycles. The molecule has 14 heavy (non-hydrogen) atoms. The van der Waals surface area contributed by atoms with Crippen LogP contribution in [0.4, 0.5) is 5.69 Å². The molecule has 0 aliphatic heterocycles. The van der Waals surface area contributed by atoms with Gasteiger partial charge >= 0.3 is 0 Å². The average Bonchev–Trinajstić information content (AvgIpc) is 2.08. The van der Waals surface area contributed by atoms with Crippen LogP contribution in [0.5, 0.6) is 0 Å². The minimum absolute atomic E-state index is 0.117. The van der Waals surface area contributed by atoms with Gasteiger partial charge in [0.25, 0.3) is 5.69 Å². The summed E-state index contributed by atoms with van der Waals surface area (Å²) in [5.74, 6) is -0.649. The second-order valence-corrected chi connectivity index (χ2v) is 3.88. The molecule has 1 amide bonds. The van der Waals surface area contributed by atoms with Crippen LogP contribution in [0.25, 0.3) is 0 Å². The maximum absolute atomic E-state index is 10.9. The van der Waals surface area contributed by atoms with Crippen molar-refractivity contribution in [1.82, 2.24) is 0 Å². The lowest BCUT2D eigenvalue weighted by atomic mass is 10.1. The Morgan fingerprint density at radius 2 is 2.14 bits per heavy atom. The first-order valence-corrected chi connectivity index (χ1v) is 4.75. The Labute approximate surface area is 93.6 Å². The van der Waals surface area contributed by atoms with Gasteiger partial charge in [0.15, 0.2) is 0 Å². The molecule has 1 rings (SSSR count). The maximum atomic E-state index is 10.9. The molecule has 2 N–H and O–H groups in total. The molecule has 0 saturated heterocycles. The highest BCUT2D eigenvalue weighted by Crippen LogP contribution is 2.23. The Morgan fingerprint density at radius 3 is 2.57 bits per heavy atom. The van der Waals surface area contributed by atoms with E-state index in [4.69, 9.17) is 5.73 Å². The fourth-order valence-electron chi connectivity index (χ4n) is 1.03. The summed E-state index contributed by atoms with van der Waals surface area (Å²) in [7, 11) is 0. The van der Waals surface area contributed by atoms with Crippen molar-refractivity contribution < 1.29 is 9.72 Å². The Kier molecular flexibility index (Phi) is 3.04. The minimum Gasteiger partial charge on any atom is -0.366 e. The molecule has 0 aliphatic carbocycles. The third kappa shape index (κ3) is 2.00. The molecule has 74 valence electrons. The SMILES string of the molecule is Cc1c(I)cc([N+](=O)[O-])cc1C(N)=O. The standard InChI is InChI=1S/C8H7IN2O3/c1-4-6(8(10)12)2-5(11(13)14)3-7(4)9/h2-3H,1H3,(H2,10,12). The highest BCUT2D eigenvalue weighted by molar-refractivity contribution is 14.1. The number of amides is 1. The summed E-state index contributed by atoms with van der Waals surface area (Å²) >= 11 is 1.93. The number of nitrogens with zero attached hydrogens (tertiary/aromatic N) is 1. The second-order valence-electron chi connectivity index (χ2n) is 2.72. The van der Waals surface area contributed by atoms with Crippen molar-refractivity contribution in [3.05, 3.63) is 36.9 Å². The molecule has 0 atom stereocenters. The summed E-state index contributed by atoms with van der Waals surface area (Å²) in [6, 6.07) is 2.60. The summed E-state index contributed by atoms with van der Waals surface area (Å²) in [4.78, 5) is 20.9. The van der Waals surface area contributed by atoms with E-state index < -0.39 is 10.8 Å². The van der Waals surface area contributed by atoms with E-state index in [9.17, 15) is 14.9 Å². The van der Waals surface area contributed by atoms with Gasteiger partial charge in [0, 0.05) is 21.3 Å². The molecule has 0 bridgehead atoms. The fraction of sp³-hybridized carbons (Fsp3) is 0.125. The van der Waals surface area contributed by atoms with Gasteiger partial charge in [-0.25, -0.2) is 0 Å². The fourth-order valence-corrected chi connectivity index (χ4v) is 1.64. The number of nitro benzene ring substituents is 1. The highest BCUT2D eigenvalue weighted by atomic mass is 127. The smallest absolute Gasteiger partial charge is 0.271 e. The molecule has 5 nitrogen and oxygen atoms in total. The molecule has 0 fully saturated rings. The lowest BCUT2D eigenvalue weighted by Gasteiger charge is -2.03. The van der Waals surface area contributed by atoms with Crippen LogP contribution in [0, 0.1) is 20.6 Å². The van der Waals surface area contributed by atoms with E-state index in [1.54, 1.807) is 6.92 Å². The van der Waals surface area contributed by atoms with Crippen LogP contribution in [0.3, 0.4) is 0 Å². The molecule has 1 aromatic rings. The van der Waals surface area contributed by atoms with Crippen molar-refractivity contribution in [3.63, 3.8) is 0 Å². The van der Waals surface area contributed by atoms with Crippen molar-refractivity contribution >= 4 is 34.2 Å². The number of nitrogens with two attached hydrogens (primary N) is 1. The Bertz CT molecular complexity index is 417. The van der Waals surface area contributed by atoms with Crippen LogP contribution in [0.1, 0.15) is 15.9 Å². The zero-order chi connectivity index (χ0) is 10.9. The van der Waals surface area contributed by atoms with Crippen molar-refractivity contribution in [2.24, 2.45) is 5.73 Å². The third-order valence-corrected chi connectivity index (χ3v) is 2.93. The monoisotopic (exact) mass is 306 g/mol. The molecular formula is C8H7IN2O3. The van der Waals surface area contributed by atoms with Gasteiger partial charge < -0.3 is 5.73 Å². The molecule has 0 spiro atoms. The number of carbonyl (C=O) groups is 1. The number of rotatable bonds is 2. The predicted octanol–water partition coefficient (Wildman–Crippen LogP) is 1.61. The molecule has 0 saturated carbocycles. The molecular weight excluding hydrogens is 299 g/mol. The van der Waals surface area contributed by atoms with Gasteiger partial charge in [-0.1, -0.05) is 0 Å². The lowest BCUT2D eigenvalue weighted by Crippen LogP contribution is -2.13. The van der Waals surface area contributed by atoms with E-state index in [1.807, 2.05) is 22.6 Å². The molecule has 0 radical (unpaired) electrons. The summed E-state index contributed by atoms with van der Waals surface area (Å²) in [6.45, 7) is 1.70. The lowest BCUT2D eigenvalue weighted by molar-refractivity contribution is -0.385. The molecule has 0 aliphatic rings. The normalized spacial score (nSPS) is 9.86. The van der Waals surface area contributed by atoms with Gasteiger partial charge in [-0.15, -0.1) is 0 Å². The van der Waals surface area contributed by atoms with Crippen molar-refractivity contribution in [2.45, 2.75) is 6.92 Å². The number of benzene rings is 1. The third-order valence-electron chi connectivity index (χ3n) is 1.81. The summed E-state index contributed by atoms with van der Waals surface area (Å²) in [5.41, 5.74) is 5.84. The Balaban J connectivity index is 3.43. The second kappa shape index (κ2) is 3.91. The quantitative estimate of drug-likeness (QED) is 0.511. The van der Waals surface area contributed by atoms with Gasteiger partial charge in [0.1, 0.15) is 0 Å². The van der Waals surface area contributed by atoms with Crippen LogP contribution in [-0.4, -0.2) is 10.8 Å². The van der Waals surface area contributed by atoms with Gasteiger partial charge in [0.2, 0.25) is 5.91 Å². The molecule has 0 heterocycles. The zero-order valence-electron chi connectivity index (χ0n) is 7.28. The van der Waals surface area contributed by atoms with Crippen molar-refractivity contribution in [2.75, 3.05) is 0 Å². The van der Waals surface area contributed by atoms with E-state index in [2.05, 4.69) is 0 Å².